The number of aromatic nitrogens is 2. The average Bonchev–Trinajstić information content (AvgIpc) is 3.14. The van der Waals surface area contributed by atoms with Gasteiger partial charge in [-0.05, 0) is 49.9 Å². The van der Waals surface area contributed by atoms with Crippen molar-refractivity contribution in [3.05, 3.63) is 64.4 Å². The van der Waals surface area contributed by atoms with Gasteiger partial charge in [0.2, 0.25) is 0 Å². The van der Waals surface area contributed by atoms with Crippen LogP contribution in [0.2, 0.25) is 5.02 Å². The number of nitrogens with one attached hydrogen (secondary N) is 1. The largest absolute Gasteiger partial charge is 0.497 e. The van der Waals surface area contributed by atoms with E-state index in [2.05, 4.69) is 10.4 Å². The molecule has 0 atom stereocenters. The third-order valence-corrected chi connectivity index (χ3v) is 5.45. The Morgan fingerprint density at radius 1 is 1.10 bits per heavy atom. The lowest BCUT2D eigenvalue weighted by Gasteiger charge is -2.15. The van der Waals surface area contributed by atoms with Gasteiger partial charge in [0, 0.05) is 17.3 Å². The van der Waals surface area contributed by atoms with Crippen LogP contribution in [0.4, 0.5) is 5.69 Å². The van der Waals surface area contributed by atoms with Crippen molar-refractivity contribution in [3.8, 4) is 17.2 Å². The molecular weight excluding hydrogens is 390 g/mol. The Labute approximate surface area is 174 Å². The quantitative estimate of drug-likeness (QED) is 0.662. The highest BCUT2D eigenvalue weighted by molar-refractivity contribution is 6.32. The van der Waals surface area contributed by atoms with Gasteiger partial charge in [0.05, 0.1) is 30.6 Å². The van der Waals surface area contributed by atoms with Crippen LogP contribution in [0.15, 0.2) is 42.5 Å². The molecule has 0 bridgehead atoms. The number of benzene rings is 2. The minimum absolute atomic E-state index is 0.266. The minimum Gasteiger partial charge on any atom is -0.497 e. The molecule has 29 heavy (non-hydrogen) atoms. The van der Waals surface area contributed by atoms with Crippen LogP contribution < -0.4 is 14.8 Å². The highest BCUT2D eigenvalue weighted by Crippen LogP contribution is 2.32. The van der Waals surface area contributed by atoms with Gasteiger partial charge >= 0.3 is 0 Å². The molecule has 1 aromatic heterocycles. The van der Waals surface area contributed by atoms with E-state index in [1.165, 1.54) is 0 Å². The van der Waals surface area contributed by atoms with Gasteiger partial charge in [-0.15, -0.1) is 0 Å². The molecule has 0 unspecified atom stereocenters. The third kappa shape index (κ3) is 3.68. The molecule has 4 rings (SSSR count). The number of methoxy groups -OCH3 is 2. The third-order valence-electron chi connectivity index (χ3n) is 5.13. The van der Waals surface area contributed by atoms with Crippen molar-refractivity contribution in [2.75, 3.05) is 19.5 Å². The summed E-state index contributed by atoms with van der Waals surface area (Å²) in [6, 6.07) is 12.8. The van der Waals surface area contributed by atoms with E-state index in [-0.39, 0.29) is 5.91 Å². The van der Waals surface area contributed by atoms with E-state index >= 15 is 0 Å². The number of anilines is 1. The fourth-order valence-corrected chi connectivity index (χ4v) is 3.90. The molecule has 0 spiro atoms. The van der Waals surface area contributed by atoms with Crippen molar-refractivity contribution in [1.29, 1.82) is 0 Å². The van der Waals surface area contributed by atoms with Gasteiger partial charge in [-0.2, -0.15) is 5.10 Å². The number of amides is 1. The van der Waals surface area contributed by atoms with Gasteiger partial charge in [0.15, 0.2) is 5.69 Å². The molecule has 1 amide bonds. The first-order valence-corrected chi connectivity index (χ1v) is 9.89. The van der Waals surface area contributed by atoms with Crippen molar-refractivity contribution in [2.24, 2.45) is 0 Å². The zero-order chi connectivity index (χ0) is 20.4. The van der Waals surface area contributed by atoms with E-state index in [9.17, 15) is 4.79 Å². The summed E-state index contributed by atoms with van der Waals surface area (Å²) < 4.78 is 12.4. The van der Waals surface area contributed by atoms with Gasteiger partial charge in [-0.3, -0.25) is 4.79 Å². The zero-order valence-corrected chi connectivity index (χ0v) is 17.1. The molecule has 1 aliphatic carbocycles. The molecular formula is C22H22ClN3O3. The molecule has 7 heteroatoms. The first kappa shape index (κ1) is 19.3. The number of rotatable bonds is 5. The summed E-state index contributed by atoms with van der Waals surface area (Å²) in [6.07, 6.45) is 3.79. The summed E-state index contributed by atoms with van der Waals surface area (Å²) >= 11 is 6.40. The average molecular weight is 412 g/mol. The summed E-state index contributed by atoms with van der Waals surface area (Å²) in [5.41, 5.74) is 3.82. The van der Waals surface area contributed by atoms with Crippen molar-refractivity contribution >= 4 is 23.2 Å². The van der Waals surface area contributed by atoms with E-state index in [0.29, 0.717) is 27.9 Å². The molecule has 0 saturated carbocycles. The number of nitrogens with zero attached hydrogens (tertiary/aromatic N) is 2. The molecule has 150 valence electrons. The second kappa shape index (κ2) is 8.17. The van der Waals surface area contributed by atoms with E-state index in [1.54, 1.807) is 32.4 Å². The van der Waals surface area contributed by atoms with E-state index in [4.69, 9.17) is 21.1 Å². The van der Waals surface area contributed by atoms with Crippen LogP contribution in [0.5, 0.6) is 11.5 Å². The number of hydrogen-bond acceptors (Lipinski definition) is 4. The Morgan fingerprint density at radius 2 is 1.90 bits per heavy atom. The Balaban J connectivity index is 1.72. The number of fused-ring (bicyclic) bond motifs is 1. The van der Waals surface area contributed by atoms with Gasteiger partial charge in [0.1, 0.15) is 11.5 Å². The smallest absolute Gasteiger partial charge is 0.276 e. The number of carbonyl (C=O) groups excluding carboxylic acids is 1. The van der Waals surface area contributed by atoms with Crippen molar-refractivity contribution < 1.29 is 14.3 Å². The Morgan fingerprint density at radius 3 is 2.66 bits per heavy atom. The number of halogens is 1. The lowest BCUT2D eigenvalue weighted by Crippen LogP contribution is -2.16. The van der Waals surface area contributed by atoms with Crippen LogP contribution in [0.1, 0.15) is 34.6 Å². The zero-order valence-electron chi connectivity index (χ0n) is 16.4. The molecule has 0 radical (unpaired) electrons. The predicted octanol–water partition coefficient (Wildman–Crippen LogP) is 4.67. The normalized spacial score (nSPS) is 12.9. The molecule has 6 nitrogen and oxygen atoms in total. The number of ether oxygens (including phenoxy) is 2. The SMILES string of the molecule is COc1ccc(NC(=O)c2nn(-c3ccccc3Cl)c3c2CCCC3)c(OC)c1. The summed E-state index contributed by atoms with van der Waals surface area (Å²) in [5, 5.41) is 8.20. The van der Waals surface area contributed by atoms with Crippen LogP contribution in [-0.2, 0) is 12.8 Å². The highest BCUT2D eigenvalue weighted by atomic mass is 35.5. The number of para-hydroxylation sites is 1. The summed E-state index contributed by atoms with van der Waals surface area (Å²) in [7, 11) is 3.14. The maximum Gasteiger partial charge on any atom is 0.276 e. The molecule has 1 aliphatic rings. The summed E-state index contributed by atoms with van der Waals surface area (Å²) in [6.45, 7) is 0. The van der Waals surface area contributed by atoms with Gasteiger partial charge in [-0.25, -0.2) is 4.68 Å². The summed E-state index contributed by atoms with van der Waals surface area (Å²) in [4.78, 5) is 13.1. The lowest BCUT2D eigenvalue weighted by molar-refractivity contribution is 0.102. The number of hydrogen-bond donors (Lipinski definition) is 1. The second-order valence-electron chi connectivity index (χ2n) is 6.86. The van der Waals surface area contributed by atoms with E-state index in [0.717, 1.165) is 42.6 Å². The van der Waals surface area contributed by atoms with Crippen molar-refractivity contribution in [1.82, 2.24) is 9.78 Å². The number of carbonyl (C=O) groups is 1. The highest BCUT2D eigenvalue weighted by Gasteiger charge is 2.26. The summed E-state index contributed by atoms with van der Waals surface area (Å²) in [5.74, 6) is 0.912. The Bertz CT molecular complexity index is 1060. The molecule has 1 heterocycles. The first-order valence-electron chi connectivity index (χ1n) is 9.51. The fraction of sp³-hybridized carbons (Fsp3) is 0.273. The fourth-order valence-electron chi connectivity index (χ4n) is 3.69. The van der Waals surface area contributed by atoms with Crippen molar-refractivity contribution in [3.63, 3.8) is 0 Å². The monoisotopic (exact) mass is 411 g/mol. The van der Waals surface area contributed by atoms with E-state index < -0.39 is 0 Å². The maximum atomic E-state index is 13.1. The minimum atomic E-state index is -0.266. The molecule has 0 aliphatic heterocycles. The molecule has 3 aromatic rings. The molecule has 2 aromatic carbocycles. The van der Waals surface area contributed by atoms with Crippen LogP contribution in [0, 0.1) is 0 Å². The molecule has 0 saturated heterocycles. The standard InChI is InChI=1S/C22H22ClN3O3/c1-28-14-11-12-17(20(13-14)29-2)24-22(27)21-15-7-3-5-9-18(15)26(25-21)19-10-6-4-8-16(19)23/h4,6,8,10-13H,3,5,7,9H2,1-2H3,(H,24,27). The second-order valence-corrected chi connectivity index (χ2v) is 7.27. The lowest BCUT2D eigenvalue weighted by atomic mass is 9.95. The first-order chi connectivity index (χ1) is 14.1. The maximum absolute atomic E-state index is 13.1. The van der Waals surface area contributed by atoms with Gasteiger partial charge in [-0.1, -0.05) is 23.7 Å². The Kier molecular flexibility index (Phi) is 5.45. The van der Waals surface area contributed by atoms with Gasteiger partial charge in [0.25, 0.3) is 5.91 Å². The van der Waals surface area contributed by atoms with Crippen LogP contribution in [0.25, 0.3) is 5.69 Å². The topological polar surface area (TPSA) is 65.4 Å². The van der Waals surface area contributed by atoms with Gasteiger partial charge < -0.3 is 14.8 Å². The van der Waals surface area contributed by atoms with Crippen LogP contribution >= 0.6 is 11.6 Å². The predicted molar refractivity (Wildman–Crippen MR) is 113 cm³/mol. The van der Waals surface area contributed by atoms with Crippen molar-refractivity contribution in [2.45, 2.75) is 25.7 Å². The Hall–Kier alpha value is -2.99. The molecule has 1 N–H and O–H groups in total. The van der Waals surface area contributed by atoms with Crippen LogP contribution in [-0.4, -0.2) is 29.9 Å². The van der Waals surface area contributed by atoms with E-state index in [1.807, 2.05) is 28.9 Å². The van der Waals surface area contributed by atoms with Crippen LogP contribution in [0.3, 0.4) is 0 Å². The molecule has 0 fully saturated rings.